The van der Waals surface area contributed by atoms with Gasteiger partial charge in [0, 0.05) is 53.8 Å². The predicted octanol–water partition coefficient (Wildman–Crippen LogP) is 4.79. The highest BCUT2D eigenvalue weighted by Gasteiger charge is 2.34. The normalized spacial score (nSPS) is 15.6. The first kappa shape index (κ1) is 21.6. The van der Waals surface area contributed by atoms with Crippen molar-refractivity contribution in [1.82, 2.24) is 4.90 Å². The van der Waals surface area contributed by atoms with Crippen molar-refractivity contribution >= 4 is 27.9 Å². The molecule has 0 spiro atoms. The van der Waals surface area contributed by atoms with Crippen molar-refractivity contribution in [3.8, 4) is 22.8 Å². The molecule has 1 aliphatic carbocycles. The molecule has 4 aromatic rings. The van der Waals surface area contributed by atoms with Gasteiger partial charge in [-0.05, 0) is 43.3 Å². The quantitative estimate of drug-likeness (QED) is 0.303. The van der Waals surface area contributed by atoms with E-state index in [0.717, 1.165) is 61.4 Å². The minimum absolute atomic E-state index is 0.226. The molecule has 1 fully saturated rings. The number of phenolic OH excluding ortho intramolecular Hbond substituents is 2. The van der Waals surface area contributed by atoms with Crippen LogP contribution in [-0.2, 0) is 6.54 Å². The Morgan fingerprint density at radius 1 is 1.03 bits per heavy atom. The zero-order valence-corrected chi connectivity index (χ0v) is 19.5. The lowest BCUT2D eigenvalue weighted by Gasteiger charge is -2.36. The number of ketones is 1. The number of nitrogens with one attached hydrogen (secondary N) is 1. The van der Waals surface area contributed by atoms with Crippen molar-refractivity contribution in [3.05, 3.63) is 59.7 Å². The maximum atomic E-state index is 13.7. The highest BCUT2D eigenvalue weighted by Crippen LogP contribution is 2.49. The van der Waals surface area contributed by atoms with E-state index < -0.39 is 0 Å². The van der Waals surface area contributed by atoms with E-state index in [9.17, 15) is 15.0 Å². The smallest absolute Gasteiger partial charge is 0.196 e. The van der Waals surface area contributed by atoms with Gasteiger partial charge in [-0.25, -0.2) is 0 Å². The standard InChI is InChI=1S/C27H27N3O5/c1-2-5-29-6-8-30(9-7-29)21-13-20(28-14-16-4-3-10-34-16)25-24-19(21)15-35-27(24)18-12-23(32)22(31)11-17(18)26(25)33/h3-4,10-13,15,28,31-32H,2,5-9,14H2,1H3. The Morgan fingerprint density at radius 3 is 2.51 bits per heavy atom. The Bertz CT molecular complexity index is 1410. The van der Waals surface area contributed by atoms with Crippen molar-refractivity contribution in [3.63, 3.8) is 0 Å². The fraction of sp³-hybridized carbons (Fsp3) is 0.296. The molecular weight excluding hydrogens is 446 g/mol. The summed E-state index contributed by atoms with van der Waals surface area (Å²) in [4.78, 5) is 18.5. The van der Waals surface area contributed by atoms with Crippen molar-refractivity contribution in [2.75, 3.05) is 42.9 Å². The van der Waals surface area contributed by atoms with E-state index in [-0.39, 0.29) is 17.3 Å². The molecule has 35 heavy (non-hydrogen) atoms. The van der Waals surface area contributed by atoms with E-state index in [4.69, 9.17) is 8.83 Å². The molecule has 2 aromatic heterocycles. The number of fused-ring (bicyclic) bond motifs is 2. The molecule has 1 saturated heterocycles. The van der Waals surface area contributed by atoms with Gasteiger partial charge < -0.3 is 29.3 Å². The van der Waals surface area contributed by atoms with Crippen LogP contribution in [0.5, 0.6) is 11.5 Å². The predicted molar refractivity (Wildman–Crippen MR) is 133 cm³/mol. The minimum atomic E-state index is -0.338. The first-order valence-corrected chi connectivity index (χ1v) is 12.0. The van der Waals surface area contributed by atoms with Gasteiger partial charge in [-0.2, -0.15) is 0 Å². The number of carbonyl (C=O) groups excluding carboxylic acids is 1. The van der Waals surface area contributed by atoms with Crippen LogP contribution < -0.4 is 10.2 Å². The van der Waals surface area contributed by atoms with Crippen LogP contribution in [-0.4, -0.2) is 53.6 Å². The third kappa shape index (κ3) is 3.52. The molecule has 3 N–H and O–H groups in total. The third-order valence-corrected chi connectivity index (χ3v) is 6.98. The van der Waals surface area contributed by atoms with Gasteiger partial charge in [-0.1, -0.05) is 6.92 Å². The second kappa shape index (κ2) is 8.39. The maximum Gasteiger partial charge on any atom is 0.196 e. The molecular formula is C27H27N3O5. The number of aromatic hydroxyl groups is 2. The zero-order valence-electron chi connectivity index (χ0n) is 19.5. The molecule has 8 heteroatoms. The maximum absolute atomic E-state index is 13.7. The molecule has 8 nitrogen and oxygen atoms in total. The number of hydrogen-bond acceptors (Lipinski definition) is 8. The van der Waals surface area contributed by atoms with Gasteiger partial charge in [0.2, 0.25) is 0 Å². The number of rotatable bonds is 6. The summed E-state index contributed by atoms with van der Waals surface area (Å²) in [7, 11) is 0. The lowest BCUT2D eigenvalue weighted by Crippen LogP contribution is -2.46. The molecule has 2 aromatic carbocycles. The van der Waals surface area contributed by atoms with Gasteiger partial charge >= 0.3 is 0 Å². The monoisotopic (exact) mass is 473 g/mol. The summed E-state index contributed by atoms with van der Waals surface area (Å²) in [6, 6.07) is 8.44. The van der Waals surface area contributed by atoms with E-state index in [2.05, 4.69) is 22.0 Å². The first-order chi connectivity index (χ1) is 17.0. The highest BCUT2D eigenvalue weighted by atomic mass is 16.3. The average molecular weight is 474 g/mol. The van der Waals surface area contributed by atoms with Crippen LogP contribution in [0.2, 0.25) is 0 Å². The number of hydrogen-bond donors (Lipinski definition) is 3. The molecule has 6 rings (SSSR count). The molecule has 1 aliphatic heterocycles. The topological polar surface area (TPSA) is 102 Å². The molecule has 180 valence electrons. The van der Waals surface area contributed by atoms with Crippen LogP contribution in [0.1, 0.15) is 35.0 Å². The Labute approximate surface area is 202 Å². The molecule has 3 heterocycles. The van der Waals surface area contributed by atoms with Crippen LogP contribution in [0.3, 0.4) is 0 Å². The largest absolute Gasteiger partial charge is 0.504 e. The average Bonchev–Trinajstić information content (AvgIpc) is 3.54. The Hall–Kier alpha value is -3.91. The van der Waals surface area contributed by atoms with Crippen molar-refractivity contribution < 1.29 is 23.8 Å². The number of piperazine rings is 1. The van der Waals surface area contributed by atoms with E-state index in [1.165, 1.54) is 12.1 Å². The summed E-state index contributed by atoms with van der Waals surface area (Å²) in [6.45, 7) is 7.43. The Balaban J connectivity index is 1.50. The lowest BCUT2D eigenvalue weighted by atomic mass is 9.85. The molecule has 0 saturated carbocycles. The molecule has 0 radical (unpaired) electrons. The molecule has 2 aliphatic rings. The highest BCUT2D eigenvalue weighted by molar-refractivity contribution is 6.29. The molecule has 0 amide bonds. The van der Waals surface area contributed by atoms with Gasteiger partial charge in [-0.15, -0.1) is 0 Å². The Morgan fingerprint density at radius 2 is 1.80 bits per heavy atom. The van der Waals surface area contributed by atoms with Crippen LogP contribution in [0.4, 0.5) is 11.4 Å². The van der Waals surface area contributed by atoms with Crippen molar-refractivity contribution in [2.45, 2.75) is 19.9 Å². The van der Waals surface area contributed by atoms with Crippen molar-refractivity contribution in [1.29, 1.82) is 0 Å². The lowest BCUT2D eigenvalue weighted by molar-refractivity contribution is 0.104. The van der Waals surface area contributed by atoms with Crippen LogP contribution in [0.15, 0.2) is 51.7 Å². The number of phenols is 2. The minimum Gasteiger partial charge on any atom is -0.504 e. The summed E-state index contributed by atoms with van der Waals surface area (Å²) >= 11 is 0. The van der Waals surface area contributed by atoms with Crippen LogP contribution in [0, 0.1) is 0 Å². The zero-order chi connectivity index (χ0) is 24.1. The van der Waals surface area contributed by atoms with Gasteiger partial charge in [0.25, 0.3) is 0 Å². The summed E-state index contributed by atoms with van der Waals surface area (Å²) in [5.74, 6) is 0.424. The second-order valence-electron chi connectivity index (χ2n) is 9.15. The van der Waals surface area contributed by atoms with Gasteiger partial charge in [0.05, 0.1) is 24.1 Å². The van der Waals surface area contributed by atoms with Crippen LogP contribution >= 0.6 is 0 Å². The molecule has 0 atom stereocenters. The summed E-state index contributed by atoms with van der Waals surface area (Å²) in [5.41, 5.74) is 2.98. The third-order valence-electron chi connectivity index (χ3n) is 6.98. The molecule has 0 unspecified atom stereocenters. The van der Waals surface area contributed by atoms with Crippen molar-refractivity contribution in [2.24, 2.45) is 0 Å². The first-order valence-electron chi connectivity index (χ1n) is 12.0. The summed E-state index contributed by atoms with van der Waals surface area (Å²) < 4.78 is 11.5. The van der Waals surface area contributed by atoms with Gasteiger partial charge in [0.1, 0.15) is 17.8 Å². The number of furan rings is 2. The summed E-state index contributed by atoms with van der Waals surface area (Å²) in [6.07, 6.45) is 4.45. The van der Waals surface area contributed by atoms with E-state index in [0.29, 0.717) is 34.7 Å². The van der Waals surface area contributed by atoms with Crippen LogP contribution in [0.25, 0.3) is 22.1 Å². The second-order valence-corrected chi connectivity index (χ2v) is 9.15. The SMILES string of the molecule is CCCN1CCN(c2cc(NCc3ccco3)c3c4c(occ24)-c2cc(O)c(O)cc2C3=O)CC1. The summed E-state index contributed by atoms with van der Waals surface area (Å²) in [5, 5.41) is 25.2. The Kier molecular flexibility index (Phi) is 5.18. The fourth-order valence-corrected chi connectivity index (χ4v) is 5.26. The number of nitrogens with zero attached hydrogens (tertiary/aromatic N) is 2. The van der Waals surface area contributed by atoms with Gasteiger partial charge in [-0.3, -0.25) is 9.69 Å². The van der Waals surface area contributed by atoms with E-state index in [1.54, 1.807) is 12.5 Å². The number of carbonyl (C=O) groups is 1. The number of anilines is 2. The van der Waals surface area contributed by atoms with Gasteiger partial charge in [0.15, 0.2) is 17.3 Å². The van der Waals surface area contributed by atoms with E-state index in [1.807, 2.05) is 18.2 Å². The van der Waals surface area contributed by atoms with E-state index >= 15 is 0 Å². The number of benzene rings is 2. The molecule has 0 bridgehead atoms. The fourth-order valence-electron chi connectivity index (χ4n) is 5.26.